The summed E-state index contributed by atoms with van der Waals surface area (Å²) in [6, 6.07) is 10.8. The largest absolute Gasteiger partial charge is 0.493 e. The van der Waals surface area contributed by atoms with E-state index in [9.17, 15) is 4.79 Å². The van der Waals surface area contributed by atoms with E-state index < -0.39 is 0 Å². The van der Waals surface area contributed by atoms with Gasteiger partial charge in [0.2, 0.25) is 0 Å². The SMILES string of the molecule is COc1cccc2cc(C(C)NC(=O)c3cccnc3)oc12. The van der Waals surface area contributed by atoms with Gasteiger partial charge in [0.05, 0.1) is 18.7 Å². The zero-order valence-corrected chi connectivity index (χ0v) is 12.4. The fourth-order valence-electron chi connectivity index (χ4n) is 2.28. The second-order valence-corrected chi connectivity index (χ2v) is 4.96. The molecule has 112 valence electrons. The third-order valence-corrected chi connectivity index (χ3v) is 3.45. The maximum absolute atomic E-state index is 12.1. The second-order valence-electron chi connectivity index (χ2n) is 4.96. The van der Waals surface area contributed by atoms with Crippen LogP contribution in [0.5, 0.6) is 5.75 Å². The van der Waals surface area contributed by atoms with Gasteiger partial charge in [-0.3, -0.25) is 9.78 Å². The number of amides is 1. The van der Waals surface area contributed by atoms with Crippen LogP contribution in [0.2, 0.25) is 0 Å². The number of pyridine rings is 1. The molecule has 3 rings (SSSR count). The molecule has 3 aromatic rings. The number of carbonyl (C=O) groups excluding carboxylic acids is 1. The molecule has 0 saturated heterocycles. The van der Waals surface area contributed by atoms with Crippen LogP contribution in [0.25, 0.3) is 11.0 Å². The van der Waals surface area contributed by atoms with Crippen LogP contribution < -0.4 is 10.1 Å². The zero-order chi connectivity index (χ0) is 15.5. The first-order valence-corrected chi connectivity index (χ1v) is 6.96. The van der Waals surface area contributed by atoms with E-state index in [1.807, 2.05) is 31.2 Å². The number of fused-ring (bicyclic) bond motifs is 1. The molecule has 2 heterocycles. The molecule has 0 aliphatic carbocycles. The summed E-state index contributed by atoms with van der Waals surface area (Å²) in [5.74, 6) is 1.17. The fourth-order valence-corrected chi connectivity index (χ4v) is 2.28. The standard InChI is InChI=1S/C17H16N2O3/c1-11(19-17(20)13-6-4-8-18-10-13)15-9-12-5-3-7-14(21-2)16(12)22-15/h3-11H,1-2H3,(H,19,20). The molecule has 1 unspecified atom stereocenters. The topological polar surface area (TPSA) is 64.4 Å². The number of furan rings is 1. The Kier molecular flexibility index (Phi) is 3.78. The van der Waals surface area contributed by atoms with E-state index in [2.05, 4.69) is 10.3 Å². The summed E-state index contributed by atoms with van der Waals surface area (Å²) in [5.41, 5.74) is 1.20. The molecule has 5 nitrogen and oxygen atoms in total. The molecule has 22 heavy (non-hydrogen) atoms. The summed E-state index contributed by atoms with van der Waals surface area (Å²) in [5, 5.41) is 3.84. The Morgan fingerprint density at radius 2 is 2.18 bits per heavy atom. The molecule has 0 aliphatic heterocycles. The van der Waals surface area contributed by atoms with Gasteiger partial charge >= 0.3 is 0 Å². The van der Waals surface area contributed by atoms with E-state index in [1.165, 1.54) is 6.20 Å². The first kappa shape index (κ1) is 14.1. The van der Waals surface area contributed by atoms with Gasteiger partial charge in [-0.05, 0) is 31.2 Å². The van der Waals surface area contributed by atoms with Crippen LogP contribution in [0.3, 0.4) is 0 Å². The number of carbonyl (C=O) groups is 1. The van der Waals surface area contributed by atoms with Crippen LogP contribution in [0.4, 0.5) is 0 Å². The van der Waals surface area contributed by atoms with Gasteiger partial charge in [-0.2, -0.15) is 0 Å². The van der Waals surface area contributed by atoms with Gasteiger partial charge in [0.15, 0.2) is 11.3 Å². The Morgan fingerprint density at radius 3 is 2.91 bits per heavy atom. The molecular weight excluding hydrogens is 280 g/mol. The Balaban J connectivity index is 1.83. The maximum Gasteiger partial charge on any atom is 0.253 e. The second kappa shape index (κ2) is 5.89. The molecule has 1 aromatic carbocycles. The molecule has 0 aliphatic rings. The van der Waals surface area contributed by atoms with Gasteiger partial charge in [-0.15, -0.1) is 0 Å². The third-order valence-electron chi connectivity index (χ3n) is 3.45. The zero-order valence-electron chi connectivity index (χ0n) is 12.4. The predicted octanol–water partition coefficient (Wildman–Crippen LogP) is 3.33. The Hall–Kier alpha value is -2.82. The number of para-hydroxylation sites is 1. The Morgan fingerprint density at radius 1 is 1.32 bits per heavy atom. The molecule has 0 bridgehead atoms. The molecular formula is C17H16N2O3. The van der Waals surface area contributed by atoms with Crippen LogP contribution in [-0.2, 0) is 0 Å². The van der Waals surface area contributed by atoms with Crippen molar-refractivity contribution < 1.29 is 13.9 Å². The first-order valence-electron chi connectivity index (χ1n) is 6.96. The number of hydrogen-bond donors (Lipinski definition) is 1. The fraction of sp³-hybridized carbons (Fsp3) is 0.176. The van der Waals surface area contributed by atoms with E-state index in [1.54, 1.807) is 25.4 Å². The average molecular weight is 296 g/mol. The van der Waals surface area contributed by atoms with Gasteiger partial charge < -0.3 is 14.5 Å². The molecule has 5 heteroatoms. The smallest absolute Gasteiger partial charge is 0.253 e. The number of rotatable bonds is 4. The van der Waals surface area contributed by atoms with Crippen molar-refractivity contribution in [2.24, 2.45) is 0 Å². The normalized spacial score (nSPS) is 12.1. The lowest BCUT2D eigenvalue weighted by Crippen LogP contribution is -2.26. The van der Waals surface area contributed by atoms with Gasteiger partial charge in [0.1, 0.15) is 5.76 Å². The Labute approximate surface area is 127 Å². The van der Waals surface area contributed by atoms with Crippen LogP contribution in [0, 0.1) is 0 Å². The minimum Gasteiger partial charge on any atom is -0.493 e. The minimum absolute atomic E-state index is 0.187. The monoisotopic (exact) mass is 296 g/mol. The highest BCUT2D eigenvalue weighted by molar-refractivity contribution is 5.94. The predicted molar refractivity (Wildman–Crippen MR) is 82.9 cm³/mol. The highest BCUT2D eigenvalue weighted by atomic mass is 16.5. The summed E-state index contributed by atoms with van der Waals surface area (Å²) in [7, 11) is 1.60. The lowest BCUT2D eigenvalue weighted by Gasteiger charge is -2.11. The van der Waals surface area contributed by atoms with Crippen molar-refractivity contribution in [3.05, 3.63) is 60.1 Å². The van der Waals surface area contributed by atoms with E-state index in [-0.39, 0.29) is 11.9 Å². The van der Waals surface area contributed by atoms with E-state index in [0.717, 1.165) is 5.39 Å². The lowest BCUT2D eigenvalue weighted by molar-refractivity contribution is 0.0935. The van der Waals surface area contributed by atoms with Crippen molar-refractivity contribution in [1.82, 2.24) is 10.3 Å². The van der Waals surface area contributed by atoms with E-state index >= 15 is 0 Å². The van der Waals surface area contributed by atoms with Crippen LogP contribution >= 0.6 is 0 Å². The molecule has 0 fully saturated rings. The van der Waals surface area contributed by atoms with Crippen LogP contribution in [0.1, 0.15) is 29.1 Å². The highest BCUT2D eigenvalue weighted by Gasteiger charge is 2.16. The van der Waals surface area contributed by atoms with Crippen molar-refractivity contribution in [3.63, 3.8) is 0 Å². The van der Waals surface area contributed by atoms with Crippen molar-refractivity contribution in [3.8, 4) is 5.75 Å². The van der Waals surface area contributed by atoms with Gasteiger partial charge in [-0.1, -0.05) is 12.1 Å². The van der Waals surface area contributed by atoms with E-state index in [4.69, 9.17) is 9.15 Å². The molecule has 1 N–H and O–H groups in total. The summed E-state index contributed by atoms with van der Waals surface area (Å²) in [6.45, 7) is 1.87. The van der Waals surface area contributed by atoms with Gasteiger partial charge in [0.25, 0.3) is 5.91 Å². The summed E-state index contributed by atoms with van der Waals surface area (Å²) in [6.07, 6.45) is 3.16. The Bertz CT molecular complexity index is 796. The molecule has 2 aromatic heterocycles. The molecule has 1 atom stereocenters. The lowest BCUT2D eigenvalue weighted by atomic mass is 10.2. The van der Waals surface area contributed by atoms with Crippen LogP contribution in [0.15, 0.2) is 53.2 Å². The number of aromatic nitrogens is 1. The van der Waals surface area contributed by atoms with Crippen LogP contribution in [-0.4, -0.2) is 18.0 Å². The van der Waals surface area contributed by atoms with Gasteiger partial charge in [-0.25, -0.2) is 0 Å². The summed E-state index contributed by atoms with van der Waals surface area (Å²) >= 11 is 0. The maximum atomic E-state index is 12.1. The minimum atomic E-state index is -0.259. The quantitative estimate of drug-likeness (QED) is 0.802. The van der Waals surface area contributed by atoms with Crippen molar-refractivity contribution in [2.75, 3.05) is 7.11 Å². The molecule has 1 amide bonds. The number of benzene rings is 1. The molecule has 0 saturated carbocycles. The van der Waals surface area contributed by atoms with E-state index in [0.29, 0.717) is 22.7 Å². The number of nitrogens with zero attached hydrogens (tertiary/aromatic N) is 1. The number of nitrogens with one attached hydrogen (secondary N) is 1. The summed E-state index contributed by atoms with van der Waals surface area (Å²) in [4.78, 5) is 16.1. The summed E-state index contributed by atoms with van der Waals surface area (Å²) < 4.78 is 11.1. The van der Waals surface area contributed by atoms with Crippen molar-refractivity contribution in [2.45, 2.75) is 13.0 Å². The van der Waals surface area contributed by atoms with Gasteiger partial charge in [0, 0.05) is 17.8 Å². The third kappa shape index (κ3) is 2.65. The number of ether oxygens (including phenoxy) is 1. The first-order chi connectivity index (χ1) is 10.7. The number of methoxy groups -OCH3 is 1. The highest BCUT2D eigenvalue weighted by Crippen LogP contribution is 2.30. The van der Waals surface area contributed by atoms with Crippen molar-refractivity contribution in [1.29, 1.82) is 0 Å². The van der Waals surface area contributed by atoms with Crippen molar-refractivity contribution >= 4 is 16.9 Å². The number of hydrogen-bond acceptors (Lipinski definition) is 4. The average Bonchev–Trinajstić information content (AvgIpc) is 2.99. The molecule has 0 radical (unpaired) electrons. The molecule has 0 spiro atoms.